The molecule has 1 aliphatic rings. The van der Waals surface area contributed by atoms with E-state index in [4.69, 9.17) is 32.5 Å². The molecule has 3 rings (SSSR count). The number of carbonyl (C=O) groups excluding carboxylic acids is 1. The van der Waals surface area contributed by atoms with E-state index in [2.05, 4.69) is 10.1 Å². The summed E-state index contributed by atoms with van der Waals surface area (Å²) in [4.78, 5) is 18.6. The van der Waals surface area contributed by atoms with Crippen molar-refractivity contribution in [3.63, 3.8) is 0 Å². The second-order valence-corrected chi connectivity index (χ2v) is 5.79. The number of aromatic nitrogens is 2. The number of ether oxygens (including phenoxy) is 1. The van der Waals surface area contributed by atoms with Crippen molar-refractivity contribution in [3.05, 3.63) is 45.5 Å². The Hall–Kier alpha value is -1.63. The maximum Gasteiger partial charge on any atom is 0.254 e. The van der Waals surface area contributed by atoms with Crippen molar-refractivity contribution >= 4 is 29.1 Å². The molecule has 116 valence electrons. The van der Waals surface area contributed by atoms with Crippen molar-refractivity contribution in [1.82, 2.24) is 15.0 Å². The van der Waals surface area contributed by atoms with E-state index >= 15 is 0 Å². The van der Waals surface area contributed by atoms with Gasteiger partial charge in [0.1, 0.15) is 6.04 Å². The first-order valence-corrected chi connectivity index (χ1v) is 7.45. The van der Waals surface area contributed by atoms with Crippen LogP contribution in [0.3, 0.4) is 0 Å². The summed E-state index contributed by atoms with van der Waals surface area (Å²) < 4.78 is 10.4. The molecule has 8 heteroatoms. The van der Waals surface area contributed by atoms with Gasteiger partial charge in [-0.1, -0.05) is 28.4 Å². The predicted molar refractivity (Wildman–Crippen MR) is 80.1 cm³/mol. The molecule has 0 radical (unpaired) electrons. The van der Waals surface area contributed by atoms with Gasteiger partial charge in [0.2, 0.25) is 5.89 Å². The Balaban J connectivity index is 1.91. The number of benzene rings is 1. The van der Waals surface area contributed by atoms with Gasteiger partial charge in [-0.05, 0) is 18.2 Å². The Morgan fingerprint density at radius 3 is 2.68 bits per heavy atom. The zero-order valence-electron chi connectivity index (χ0n) is 11.8. The lowest BCUT2D eigenvalue weighted by Gasteiger charge is -2.33. The Bertz CT molecular complexity index is 684. The highest BCUT2D eigenvalue weighted by Crippen LogP contribution is 2.26. The third kappa shape index (κ3) is 3.09. The molecule has 2 aromatic rings. The molecule has 6 nitrogen and oxygen atoms in total. The Morgan fingerprint density at radius 2 is 2.05 bits per heavy atom. The number of hydrogen-bond donors (Lipinski definition) is 0. The third-order valence-corrected chi connectivity index (χ3v) is 3.78. The van der Waals surface area contributed by atoms with Crippen LogP contribution in [-0.2, 0) is 4.74 Å². The number of aryl methyl sites for hydroxylation is 1. The maximum atomic E-state index is 12.8. The number of carbonyl (C=O) groups is 1. The first kappa shape index (κ1) is 15.3. The molecule has 2 heterocycles. The van der Waals surface area contributed by atoms with E-state index in [1.165, 1.54) is 0 Å². The molecule has 1 aliphatic heterocycles. The highest BCUT2D eigenvalue weighted by atomic mass is 35.5. The quantitative estimate of drug-likeness (QED) is 0.839. The molecule has 0 aliphatic carbocycles. The topological polar surface area (TPSA) is 68.5 Å². The molecule has 0 bridgehead atoms. The summed E-state index contributed by atoms with van der Waals surface area (Å²) in [6, 6.07) is 4.36. The van der Waals surface area contributed by atoms with Crippen molar-refractivity contribution in [2.75, 3.05) is 19.8 Å². The van der Waals surface area contributed by atoms with Crippen LogP contribution >= 0.6 is 23.2 Å². The molecule has 1 saturated heterocycles. The molecular weight excluding hydrogens is 329 g/mol. The Kier molecular flexibility index (Phi) is 4.33. The van der Waals surface area contributed by atoms with Gasteiger partial charge in [0.05, 0.1) is 13.2 Å². The molecule has 1 amide bonds. The summed E-state index contributed by atoms with van der Waals surface area (Å²) in [7, 11) is 0. The minimum absolute atomic E-state index is 0.194. The zero-order chi connectivity index (χ0) is 15.7. The first-order valence-electron chi connectivity index (χ1n) is 6.69. The van der Waals surface area contributed by atoms with Gasteiger partial charge in [0.25, 0.3) is 5.91 Å². The van der Waals surface area contributed by atoms with Crippen LogP contribution in [0.4, 0.5) is 0 Å². The van der Waals surface area contributed by atoms with E-state index in [-0.39, 0.29) is 5.91 Å². The normalized spacial score (nSPS) is 18.5. The van der Waals surface area contributed by atoms with Crippen LogP contribution in [-0.4, -0.2) is 40.7 Å². The molecule has 1 fully saturated rings. The SMILES string of the molecule is Cc1nc([C@H]2COCCN2C(=O)c2cc(Cl)cc(Cl)c2)no1. The van der Waals surface area contributed by atoms with Crippen LogP contribution in [0.25, 0.3) is 0 Å². The fourth-order valence-corrected chi connectivity index (χ4v) is 2.88. The molecule has 22 heavy (non-hydrogen) atoms. The predicted octanol–water partition coefficient (Wildman–Crippen LogP) is 2.90. The molecule has 0 spiro atoms. The number of rotatable bonds is 2. The zero-order valence-corrected chi connectivity index (χ0v) is 13.3. The fourth-order valence-electron chi connectivity index (χ4n) is 2.35. The van der Waals surface area contributed by atoms with E-state index < -0.39 is 6.04 Å². The van der Waals surface area contributed by atoms with Crippen molar-refractivity contribution in [3.8, 4) is 0 Å². The molecule has 1 atom stereocenters. The number of nitrogens with zero attached hydrogens (tertiary/aromatic N) is 3. The van der Waals surface area contributed by atoms with Crippen LogP contribution in [0, 0.1) is 6.92 Å². The molecular formula is C14H13Cl2N3O3. The monoisotopic (exact) mass is 341 g/mol. The third-order valence-electron chi connectivity index (χ3n) is 3.34. The minimum atomic E-state index is -0.392. The van der Waals surface area contributed by atoms with Gasteiger partial charge < -0.3 is 14.2 Å². The average molecular weight is 342 g/mol. The molecule has 0 saturated carbocycles. The van der Waals surface area contributed by atoms with E-state index in [1.807, 2.05) is 0 Å². The lowest BCUT2D eigenvalue weighted by atomic mass is 10.1. The molecule has 0 unspecified atom stereocenters. The number of morpholine rings is 1. The summed E-state index contributed by atoms with van der Waals surface area (Å²) in [5.74, 6) is 0.678. The summed E-state index contributed by atoms with van der Waals surface area (Å²) in [5, 5.41) is 4.71. The van der Waals surface area contributed by atoms with Crippen LogP contribution in [0.5, 0.6) is 0 Å². The van der Waals surface area contributed by atoms with Crippen molar-refractivity contribution in [2.24, 2.45) is 0 Å². The largest absolute Gasteiger partial charge is 0.377 e. The van der Waals surface area contributed by atoms with Crippen molar-refractivity contribution in [2.45, 2.75) is 13.0 Å². The number of amides is 1. The molecule has 1 aromatic heterocycles. The lowest BCUT2D eigenvalue weighted by molar-refractivity contribution is -0.00576. The second-order valence-electron chi connectivity index (χ2n) is 4.92. The highest BCUT2D eigenvalue weighted by Gasteiger charge is 2.32. The van der Waals surface area contributed by atoms with Gasteiger partial charge in [0.15, 0.2) is 5.82 Å². The summed E-state index contributed by atoms with van der Waals surface area (Å²) >= 11 is 11.9. The van der Waals surface area contributed by atoms with Gasteiger partial charge in [-0.2, -0.15) is 4.98 Å². The van der Waals surface area contributed by atoms with Gasteiger partial charge in [-0.25, -0.2) is 0 Å². The Morgan fingerprint density at radius 1 is 1.32 bits per heavy atom. The fraction of sp³-hybridized carbons (Fsp3) is 0.357. The van der Waals surface area contributed by atoms with Crippen molar-refractivity contribution in [1.29, 1.82) is 0 Å². The average Bonchev–Trinajstić information content (AvgIpc) is 2.92. The van der Waals surface area contributed by atoms with E-state index in [0.29, 0.717) is 47.1 Å². The summed E-state index contributed by atoms with van der Waals surface area (Å²) in [5.41, 5.74) is 0.421. The highest BCUT2D eigenvalue weighted by molar-refractivity contribution is 6.35. The number of halogens is 2. The molecule has 1 aromatic carbocycles. The number of hydrogen-bond acceptors (Lipinski definition) is 5. The van der Waals surface area contributed by atoms with Crippen LogP contribution in [0.1, 0.15) is 28.1 Å². The van der Waals surface area contributed by atoms with Gasteiger partial charge in [-0.3, -0.25) is 4.79 Å². The van der Waals surface area contributed by atoms with Crippen molar-refractivity contribution < 1.29 is 14.1 Å². The Labute approximate surface area is 136 Å². The van der Waals surface area contributed by atoms with Crippen LogP contribution < -0.4 is 0 Å². The van der Waals surface area contributed by atoms with Crippen LogP contribution in [0.15, 0.2) is 22.7 Å². The standard InChI is InChI=1S/C14H13Cl2N3O3/c1-8-17-13(18-22-8)12-7-21-3-2-19(12)14(20)9-4-10(15)6-11(16)5-9/h4-6,12H,2-3,7H2,1H3/t12-/m1/s1. The van der Waals surface area contributed by atoms with Gasteiger partial charge in [0, 0.05) is 29.1 Å². The smallest absolute Gasteiger partial charge is 0.254 e. The van der Waals surface area contributed by atoms with Gasteiger partial charge >= 0.3 is 0 Å². The van der Waals surface area contributed by atoms with E-state index in [0.717, 1.165) is 0 Å². The van der Waals surface area contributed by atoms with Gasteiger partial charge in [-0.15, -0.1) is 0 Å². The van der Waals surface area contributed by atoms with E-state index in [1.54, 1.807) is 30.0 Å². The maximum absolute atomic E-state index is 12.8. The van der Waals surface area contributed by atoms with E-state index in [9.17, 15) is 4.79 Å². The lowest BCUT2D eigenvalue weighted by Crippen LogP contribution is -2.43. The minimum Gasteiger partial charge on any atom is -0.377 e. The van der Waals surface area contributed by atoms with Crippen LogP contribution in [0.2, 0.25) is 10.0 Å². The summed E-state index contributed by atoms with van der Waals surface area (Å²) in [6.45, 7) is 2.90. The molecule has 0 N–H and O–H groups in total. The summed E-state index contributed by atoms with van der Waals surface area (Å²) in [6.07, 6.45) is 0. The first-order chi connectivity index (χ1) is 10.5. The second kappa shape index (κ2) is 6.24.